The summed E-state index contributed by atoms with van der Waals surface area (Å²) in [4.78, 5) is 2.47. The molecule has 0 unspecified atom stereocenters. The number of aromatic nitrogens is 1. The molecule has 1 N–H and O–H groups in total. The number of fused-ring (bicyclic) bond motifs is 1. The Hall–Kier alpha value is -3.08. The van der Waals surface area contributed by atoms with E-state index in [1.807, 2.05) is 6.07 Å². The largest absolute Gasteiger partial charge is 0.497 e. The van der Waals surface area contributed by atoms with Gasteiger partial charge in [-0.3, -0.25) is 4.90 Å². The van der Waals surface area contributed by atoms with Gasteiger partial charge in [-0.15, -0.1) is 0 Å². The first-order valence-corrected chi connectivity index (χ1v) is 10.8. The fourth-order valence-electron chi connectivity index (χ4n) is 4.22. The van der Waals surface area contributed by atoms with Crippen LogP contribution in [0.4, 0.5) is 0 Å². The van der Waals surface area contributed by atoms with Gasteiger partial charge >= 0.3 is 0 Å². The highest BCUT2D eigenvalue weighted by Gasteiger charge is 2.18. The molecule has 0 spiro atoms. The minimum absolute atomic E-state index is 0.158. The fourth-order valence-corrected chi connectivity index (χ4v) is 4.22. The van der Waals surface area contributed by atoms with Crippen LogP contribution in [-0.2, 0) is 13.1 Å². The molecule has 3 aromatic carbocycles. The molecule has 31 heavy (non-hydrogen) atoms. The normalized spacial score (nSPS) is 12.4. The Kier molecular flexibility index (Phi) is 7.03. The van der Waals surface area contributed by atoms with Crippen molar-refractivity contribution in [2.24, 2.45) is 0 Å². The zero-order valence-electron chi connectivity index (χ0n) is 18.0. The van der Waals surface area contributed by atoms with Crippen molar-refractivity contribution in [3.8, 4) is 5.75 Å². The van der Waals surface area contributed by atoms with Crippen LogP contribution in [0.25, 0.3) is 10.9 Å². The average molecular weight is 415 g/mol. The number of aliphatic hydroxyl groups excluding tert-OH is 1. The molecule has 0 aliphatic carbocycles. The van der Waals surface area contributed by atoms with Gasteiger partial charge in [0.15, 0.2) is 0 Å². The third-order valence-electron chi connectivity index (χ3n) is 5.75. The number of hydrogen-bond donors (Lipinski definition) is 1. The first kappa shape index (κ1) is 21.2. The van der Waals surface area contributed by atoms with Gasteiger partial charge in [0.25, 0.3) is 0 Å². The third kappa shape index (κ3) is 5.35. The summed E-state index contributed by atoms with van der Waals surface area (Å²) in [6.07, 6.45) is 2.84. The van der Waals surface area contributed by atoms with Gasteiger partial charge in [0, 0.05) is 49.4 Å². The Morgan fingerprint density at radius 3 is 2.10 bits per heavy atom. The minimum atomic E-state index is 0.158. The molecule has 4 heteroatoms. The molecule has 0 saturated carbocycles. The van der Waals surface area contributed by atoms with Crippen LogP contribution in [0.15, 0.2) is 91.1 Å². The van der Waals surface area contributed by atoms with E-state index in [9.17, 15) is 5.11 Å². The number of rotatable bonds is 10. The predicted molar refractivity (Wildman–Crippen MR) is 126 cm³/mol. The molecule has 0 fully saturated rings. The summed E-state index contributed by atoms with van der Waals surface area (Å²) in [6, 6.07) is 29.7. The van der Waals surface area contributed by atoms with Gasteiger partial charge < -0.3 is 14.4 Å². The average Bonchev–Trinajstić information content (AvgIpc) is 3.23. The maximum atomic E-state index is 9.83. The van der Waals surface area contributed by atoms with Gasteiger partial charge in [0.1, 0.15) is 5.75 Å². The summed E-state index contributed by atoms with van der Waals surface area (Å²) in [6.45, 7) is 2.74. The molecule has 1 heterocycles. The van der Waals surface area contributed by atoms with Crippen LogP contribution in [0.3, 0.4) is 0 Å². The lowest BCUT2D eigenvalue weighted by atomic mass is 10.1. The van der Waals surface area contributed by atoms with Crippen molar-refractivity contribution in [1.29, 1.82) is 0 Å². The van der Waals surface area contributed by atoms with Gasteiger partial charge in [0.05, 0.1) is 7.11 Å². The first-order valence-electron chi connectivity index (χ1n) is 10.8. The van der Waals surface area contributed by atoms with Crippen molar-refractivity contribution >= 4 is 10.9 Å². The zero-order valence-corrected chi connectivity index (χ0v) is 18.0. The molecule has 0 saturated heterocycles. The highest BCUT2D eigenvalue weighted by Crippen LogP contribution is 2.27. The SMILES string of the molecule is COc1ccc2c(ccn2[C@H](CCO)CN(Cc2ccccc2)Cc2ccccc2)c1. The Bertz CT molecular complexity index is 1030. The highest BCUT2D eigenvalue weighted by atomic mass is 16.5. The van der Waals surface area contributed by atoms with Crippen molar-refractivity contribution in [2.75, 3.05) is 20.3 Å². The van der Waals surface area contributed by atoms with Crippen molar-refractivity contribution in [3.63, 3.8) is 0 Å². The van der Waals surface area contributed by atoms with Crippen LogP contribution < -0.4 is 4.74 Å². The molecule has 0 radical (unpaired) electrons. The number of aliphatic hydroxyl groups is 1. The number of benzene rings is 3. The maximum Gasteiger partial charge on any atom is 0.119 e. The third-order valence-corrected chi connectivity index (χ3v) is 5.75. The topological polar surface area (TPSA) is 37.6 Å². The van der Waals surface area contributed by atoms with E-state index in [-0.39, 0.29) is 12.6 Å². The molecule has 1 atom stereocenters. The standard InChI is InChI=1S/C27H30N2O2/c1-31-26-12-13-27-24(18-26)14-16-29(27)25(15-17-30)21-28(19-22-8-4-2-5-9-22)20-23-10-6-3-7-11-23/h2-14,16,18,25,30H,15,17,19-21H2,1H3/t25-/m1/s1. The summed E-state index contributed by atoms with van der Waals surface area (Å²) in [5, 5.41) is 11.0. The number of methoxy groups -OCH3 is 1. The minimum Gasteiger partial charge on any atom is -0.497 e. The van der Waals surface area contributed by atoms with Gasteiger partial charge in [-0.2, -0.15) is 0 Å². The number of ether oxygens (including phenoxy) is 1. The second kappa shape index (κ2) is 10.3. The van der Waals surface area contributed by atoms with E-state index in [2.05, 4.69) is 94.5 Å². The smallest absolute Gasteiger partial charge is 0.119 e. The lowest BCUT2D eigenvalue weighted by molar-refractivity contribution is 0.187. The molecule has 160 valence electrons. The zero-order chi connectivity index (χ0) is 21.5. The second-order valence-corrected chi connectivity index (χ2v) is 7.95. The number of hydrogen-bond acceptors (Lipinski definition) is 3. The van der Waals surface area contributed by atoms with Gasteiger partial charge in [-0.25, -0.2) is 0 Å². The Morgan fingerprint density at radius 2 is 1.52 bits per heavy atom. The lowest BCUT2D eigenvalue weighted by Crippen LogP contribution is -2.30. The van der Waals surface area contributed by atoms with E-state index in [1.165, 1.54) is 16.6 Å². The predicted octanol–water partition coefficient (Wildman–Crippen LogP) is 5.28. The Morgan fingerprint density at radius 1 is 0.871 bits per heavy atom. The molecule has 0 amide bonds. The Balaban J connectivity index is 1.61. The van der Waals surface area contributed by atoms with Gasteiger partial charge in [-0.1, -0.05) is 60.7 Å². The summed E-state index contributed by atoms with van der Waals surface area (Å²) in [7, 11) is 1.69. The van der Waals surface area contributed by atoms with E-state index in [0.29, 0.717) is 6.42 Å². The second-order valence-electron chi connectivity index (χ2n) is 7.95. The summed E-state index contributed by atoms with van der Waals surface area (Å²) in [5.74, 6) is 0.860. The fraction of sp³-hybridized carbons (Fsp3) is 0.259. The quantitative estimate of drug-likeness (QED) is 0.384. The molecular weight excluding hydrogens is 384 g/mol. The monoisotopic (exact) mass is 414 g/mol. The molecule has 4 rings (SSSR count). The van der Waals surface area contributed by atoms with Crippen LogP contribution in [0.2, 0.25) is 0 Å². The Labute approximate surface area is 184 Å². The summed E-state index contributed by atoms with van der Waals surface area (Å²) < 4.78 is 7.68. The van der Waals surface area contributed by atoms with Crippen molar-refractivity contribution in [1.82, 2.24) is 9.47 Å². The van der Waals surface area contributed by atoms with E-state index in [1.54, 1.807) is 7.11 Å². The van der Waals surface area contributed by atoms with Gasteiger partial charge in [-0.05, 0) is 41.8 Å². The summed E-state index contributed by atoms with van der Waals surface area (Å²) >= 11 is 0. The van der Waals surface area contributed by atoms with Crippen LogP contribution in [0.1, 0.15) is 23.6 Å². The van der Waals surface area contributed by atoms with E-state index < -0.39 is 0 Å². The molecule has 0 bridgehead atoms. The maximum absolute atomic E-state index is 9.83. The van der Waals surface area contributed by atoms with E-state index in [0.717, 1.165) is 30.8 Å². The molecule has 1 aromatic heterocycles. The molecule has 4 nitrogen and oxygen atoms in total. The molecule has 4 aromatic rings. The van der Waals surface area contributed by atoms with E-state index in [4.69, 9.17) is 4.74 Å². The molecule has 0 aliphatic rings. The van der Waals surface area contributed by atoms with Crippen molar-refractivity contribution < 1.29 is 9.84 Å². The molecule has 0 aliphatic heterocycles. The van der Waals surface area contributed by atoms with Crippen LogP contribution in [0.5, 0.6) is 5.75 Å². The van der Waals surface area contributed by atoms with Crippen molar-refractivity contribution in [3.05, 3.63) is 102 Å². The van der Waals surface area contributed by atoms with Crippen molar-refractivity contribution in [2.45, 2.75) is 25.6 Å². The van der Waals surface area contributed by atoms with Crippen LogP contribution >= 0.6 is 0 Å². The molecular formula is C27H30N2O2. The highest BCUT2D eigenvalue weighted by molar-refractivity contribution is 5.81. The summed E-state index contributed by atoms with van der Waals surface area (Å²) in [5.41, 5.74) is 3.75. The van der Waals surface area contributed by atoms with E-state index >= 15 is 0 Å². The van der Waals surface area contributed by atoms with Crippen LogP contribution in [-0.4, -0.2) is 34.8 Å². The lowest BCUT2D eigenvalue weighted by Gasteiger charge is -2.29. The first-order chi connectivity index (χ1) is 15.3. The van der Waals surface area contributed by atoms with Crippen LogP contribution in [0, 0.1) is 0 Å². The number of nitrogens with zero attached hydrogens (tertiary/aromatic N) is 2. The van der Waals surface area contributed by atoms with Gasteiger partial charge in [0.2, 0.25) is 0 Å².